The Morgan fingerprint density at radius 1 is 0.955 bits per heavy atom. The summed E-state index contributed by atoms with van der Waals surface area (Å²) in [7, 11) is 0. The lowest BCUT2D eigenvalue weighted by Gasteiger charge is -2.17. The molecule has 2 aromatic rings. The molecule has 0 aromatic heterocycles. The molecule has 0 unspecified atom stereocenters. The number of nitrogens with zero attached hydrogens (tertiary/aromatic N) is 1. The third-order valence-electron chi connectivity index (χ3n) is 2.96. The van der Waals surface area contributed by atoms with Gasteiger partial charge in [-0.05, 0) is 69.7 Å². The van der Waals surface area contributed by atoms with Gasteiger partial charge in [0.25, 0.3) is 0 Å². The van der Waals surface area contributed by atoms with Crippen LogP contribution in [0.25, 0.3) is 0 Å². The highest BCUT2D eigenvalue weighted by Crippen LogP contribution is 2.22. The van der Waals surface area contributed by atoms with E-state index in [0.29, 0.717) is 0 Å². The number of aryl methyl sites for hydroxylation is 1. The van der Waals surface area contributed by atoms with Crippen LogP contribution >= 0.6 is 0 Å². The first-order chi connectivity index (χ1) is 10.3. The maximum Gasteiger partial charge on any atom is 0.144 e. The molecule has 2 aromatic carbocycles. The zero-order valence-corrected chi connectivity index (χ0v) is 14.2. The van der Waals surface area contributed by atoms with Crippen LogP contribution < -0.4 is 4.74 Å². The monoisotopic (exact) mass is 315 g/mol. The van der Waals surface area contributed by atoms with Crippen LogP contribution in [0.5, 0.6) is 11.5 Å². The summed E-state index contributed by atoms with van der Waals surface area (Å²) in [6, 6.07) is 15.5. The minimum atomic E-state index is -1.24. The second-order valence-corrected chi connectivity index (χ2v) is 8.01. The van der Waals surface area contributed by atoms with Crippen LogP contribution in [0.1, 0.15) is 31.9 Å². The lowest BCUT2D eigenvalue weighted by molar-refractivity contribution is 0.482. The number of rotatable bonds is 4. The van der Waals surface area contributed by atoms with Crippen LogP contribution in [0, 0.1) is 6.92 Å². The van der Waals surface area contributed by atoms with Crippen molar-refractivity contribution in [1.82, 2.24) is 0 Å². The molecule has 0 spiro atoms. The molecule has 2 rings (SSSR count). The van der Waals surface area contributed by atoms with Crippen molar-refractivity contribution >= 4 is 17.6 Å². The van der Waals surface area contributed by atoms with E-state index in [-0.39, 0.29) is 4.75 Å². The summed E-state index contributed by atoms with van der Waals surface area (Å²) in [5.41, 5.74) is 2.10. The Kier molecular flexibility index (Phi) is 5.27. The van der Waals surface area contributed by atoms with E-state index in [1.807, 2.05) is 76.2 Å². The van der Waals surface area contributed by atoms with Crippen molar-refractivity contribution in [3.8, 4) is 11.5 Å². The van der Waals surface area contributed by atoms with E-state index in [1.54, 1.807) is 6.21 Å². The summed E-state index contributed by atoms with van der Waals surface area (Å²) < 4.78 is 21.4. The standard InChI is InChI=1S/C18H21NO2S/c1-14-5-9-16(10-6-14)21-17-11-7-15(8-12-17)13-19-22(20)18(2,3)4/h5-13H,1-4H3/b19-13+/t22-/m1/s1. The fraction of sp³-hybridized carbons (Fsp3) is 0.278. The Hall–Kier alpha value is -1.78. The first kappa shape index (κ1) is 16.6. The lowest BCUT2D eigenvalue weighted by Crippen LogP contribution is -2.25. The summed E-state index contributed by atoms with van der Waals surface area (Å²) in [5.74, 6) is 1.57. The first-order valence-corrected chi connectivity index (χ1v) is 8.26. The van der Waals surface area contributed by atoms with E-state index in [0.717, 1.165) is 17.1 Å². The van der Waals surface area contributed by atoms with Gasteiger partial charge in [-0.25, -0.2) is 0 Å². The molecule has 0 saturated carbocycles. The maximum absolute atomic E-state index is 11.9. The topological polar surface area (TPSA) is 44.6 Å². The van der Waals surface area contributed by atoms with E-state index < -0.39 is 11.4 Å². The van der Waals surface area contributed by atoms with Crippen LogP contribution in [-0.2, 0) is 11.4 Å². The van der Waals surface area contributed by atoms with Gasteiger partial charge in [-0.2, -0.15) is 0 Å². The molecule has 0 heterocycles. The van der Waals surface area contributed by atoms with E-state index in [1.165, 1.54) is 5.56 Å². The molecule has 116 valence electrons. The summed E-state index contributed by atoms with van der Waals surface area (Å²) in [4.78, 5) is 0. The fourth-order valence-electron chi connectivity index (χ4n) is 1.63. The number of benzene rings is 2. The van der Waals surface area contributed by atoms with Crippen LogP contribution in [0.3, 0.4) is 0 Å². The molecule has 3 nitrogen and oxygen atoms in total. The van der Waals surface area contributed by atoms with Gasteiger partial charge in [0.05, 0.1) is 6.21 Å². The molecule has 0 saturated heterocycles. The van der Waals surface area contributed by atoms with Crippen LogP contribution in [-0.4, -0.2) is 15.5 Å². The summed E-state index contributed by atoms with van der Waals surface area (Å²) in [5, 5.41) is 0. The minimum absolute atomic E-state index is 0.342. The van der Waals surface area contributed by atoms with Gasteiger partial charge in [-0.15, -0.1) is 0 Å². The van der Waals surface area contributed by atoms with Gasteiger partial charge < -0.3 is 9.29 Å². The first-order valence-electron chi connectivity index (χ1n) is 7.15. The van der Waals surface area contributed by atoms with E-state index >= 15 is 0 Å². The third-order valence-corrected chi connectivity index (χ3v) is 4.30. The average Bonchev–Trinajstić information content (AvgIpc) is 2.47. The molecule has 0 aliphatic heterocycles. The lowest BCUT2D eigenvalue weighted by atomic mass is 10.2. The number of hydrogen-bond acceptors (Lipinski definition) is 3. The number of ether oxygens (including phenoxy) is 1. The van der Waals surface area contributed by atoms with E-state index in [4.69, 9.17) is 4.74 Å². The molecular weight excluding hydrogens is 294 g/mol. The van der Waals surface area contributed by atoms with Crippen molar-refractivity contribution in [3.63, 3.8) is 0 Å². The Morgan fingerprint density at radius 3 is 1.95 bits per heavy atom. The molecule has 0 aliphatic carbocycles. The predicted octanol–water partition coefficient (Wildman–Crippen LogP) is 4.67. The van der Waals surface area contributed by atoms with Crippen LogP contribution in [0.2, 0.25) is 0 Å². The summed E-state index contributed by atoms with van der Waals surface area (Å²) >= 11 is -1.24. The Morgan fingerprint density at radius 2 is 1.45 bits per heavy atom. The Bertz CT molecular complexity index is 628. The molecule has 0 N–H and O–H groups in total. The van der Waals surface area contributed by atoms with Gasteiger partial charge in [0.15, 0.2) is 0 Å². The van der Waals surface area contributed by atoms with Gasteiger partial charge in [0.2, 0.25) is 0 Å². The van der Waals surface area contributed by atoms with Gasteiger partial charge in [0, 0.05) is 0 Å². The van der Waals surface area contributed by atoms with E-state index in [2.05, 4.69) is 4.40 Å². The van der Waals surface area contributed by atoms with Crippen LogP contribution in [0.4, 0.5) is 0 Å². The number of hydrogen-bond donors (Lipinski definition) is 0. The third kappa shape index (κ3) is 4.90. The highest BCUT2D eigenvalue weighted by Gasteiger charge is 2.25. The summed E-state index contributed by atoms with van der Waals surface area (Å²) in [6.07, 6.45) is 1.64. The molecule has 1 atom stereocenters. The Labute approximate surface area is 135 Å². The summed E-state index contributed by atoms with van der Waals surface area (Å²) in [6.45, 7) is 7.75. The van der Waals surface area contributed by atoms with Gasteiger partial charge in [0.1, 0.15) is 27.6 Å². The molecule has 0 bridgehead atoms. The molecule has 0 aliphatic rings. The van der Waals surface area contributed by atoms with Crippen LogP contribution in [0.15, 0.2) is 52.9 Å². The highest BCUT2D eigenvalue weighted by molar-refractivity contribution is 7.91. The fourth-order valence-corrected chi connectivity index (χ4v) is 2.16. The smallest absolute Gasteiger partial charge is 0.144 e. The van der Waals surface area contributed by atoms with Crippen molar-refractivity contribution in [2.24, 2.45) is 4.40 Å². The molecule has 0 amide bonds. The normalized spacial score (nSPS) is 13.3. The molecular formula is C18H21NO2S. The van der Waals surface area contributed by atoms with Crippen molar-refractivity contribution in [2.75, 3.05) is 0 Å². The zero-order valence-electron chi connectivity index (χ0n) is 13.4. The highest BCUT2D eigenvalue weighted by atomic mass is 32.2. The predicted molar refractivity (Wildman–Crippen MR) is 93.2 cm³/mol. The van der Waals surface area contributed by atoms with Gasteiger partial charge >= 0.3 is 0 Å². The van der Waals surface area contributed by atoms with Crippen molar-refractivity contribution in [2.45, 2.75) is 32.4 Å². The second-order valence-electron chi connectivity index (χ2n) is 6.08. The van der Waals surface area contributed by atoms with E-state index in [9.17, 15) is 4.55 Å². The van der Waals surface area contributed by atoms with Crippen molar-refractivity contribution in [1.29, 1.82) is 0 Å². The van der Waals surface area contributed by atoms with Crippen molar-refractivity contribution < 1.29 is 9.29 Å². The molecule has 0 radical (unpaired) electrons. The molecule has 4 heteroatoms. The second kappa shape index (κ2) is 6.99. The van der Waals surface area contributed by atoms with Gasteiger partial charge in [-0.1, -0.05) is 22.1 Å². The van der Waals surface area contributed by atoms with Gasteiger partial charge in [-0.3, -0.25) is 0 Å². The Balaban J connectivity index is 2.01. The molecule has 22 heavy (non-hydrogen) atoms. The SMILES string of the molecule is Cc1ccc(Oc2ccc(/C=N/[S@+]([O-])C(C)(C)C)cc2)cc1. The largest absolute Gasteiger partial charge is 0.591 e. The zero-order chi connectivity index (χ0) is 16.2. The quantitative estimate of drug-likeness (QED) is 0.608. The average molecular weight is 315 g/mol. The minimum Gasteiger partial charge on any atom is -0.591 e. The maximum atomic E-state index is 11.9. The van der Waals surface area contributed by atoms with Crippen molar-refractivity contribution in [3.05, 3.63) is 59.7 Å². The molecule has 0 fully saturated rings.